The molecular formula is C12H13BrN2O2. The monoisotopic (exact) mass is 296 g/mol. The number of anilines is 1. The number of carbonyl (C=O) groups excluding carboxylic acids is 1. The van der Waals surface area contributed by atoms with Crippen LogP contribution < -0.4 is 4.90 Å². The molecule has 2 saturated heterocycles. The second-order valence-electron chi connectivity index (χ2n) is 4.67. The van der Waals surface area contributed by atoms with E-state index in [4.69, 9.17) is 4.74 Å². The molecule has 2 aliphatic heterocycles. The van der Waals surface area contributed by atoms with Crippen LogP contribution in [0.3, 0.4) is 0 Å². The highest BCUT2D eigenvalue weighted by atomic mass is 79.9. The van der Waals surface area contributed by atoms with Gasteiger partial charge in [0.2, 0.25) is 0 Å². The molecular weight excluding hydrogens is 284 g/mol. The standard InChI is InChI=1S/C12H13BrN2O2/c1-14-6-12(7-17-8-12)15(11(14)16)10-4-2-9(13)3-5-10/h2-5H,6-8H2,1H3. The average molecular weight is 297 g/mol. The molecule has 0 saturated carbocycles. The number of likely N-dealkylation sites (N-methyl/N-ethyl adjacent to an activating group) is 1. The lowest BCUT2D eigenvalue weighted by Gasteiger charge is -2.43. The van der Waals surface area contributed by atoms with Crippen LogP contribution in [0.4, 0.5) is 10.5 Å². The molecule has 17 heavy (non-hydrogen) atoms. The third-order valence-electron chi connectivity index (χ3n) is 3.35. The van der Waals surface area contributed by atoms with Crippen molar-refractivity contribution in [3.8, 4) is 0 Å². The molecule has 4 nitrogen and oxygen atoms in total. The Bertz CT molecular complexity index is 456. The predicted molar refractivity (Wildman–Crippen MR) is 68.2 cm³/mol. The Kier molecular flexibility index (Phi) is 2.41. The molecule has 2 amide bonds. The molecule has 0 atom stereocenters. The van der Waals surface area contributed by atoms with Crippen molar-refractivity contribution >= 4 is 27.6 Å². The molecule has 90 valence electrons. The van der Waals surface area contributed by atoms with E-state index >= 15 is 0 Å². The first-order valence-corrected chi connectivity index (χ1v) is 6.30. The Hall–Kier alpha value is -1.07. The van der Waals surface area contributed by atoms with Crippen molar-refractivity contribution in [1.29, 1.82) is 0 Å². The Balaban J connectivity index is 1.99. The molecule has 0 aliphatic carbocycles. The zero-order chi connectivity index (χ0) is 12.0. The zero-order valence-electron chi connectivity index (χ0n) is 9.52. The van der Waals surface area contributed by atoms with Crippen LogP contribution in [0.1, 0.15) is 0 Å². The second-order valence-corrected chi connectivity index (χ2v) is 5.58. The number of carbonyl (C=O) groups is 1. The van der Waals surface area contributed by atoms with Crippen molar-refractivity contribution < 1.29 is 9.53 Å². The van der Waals surface area contributed by atoms with Crippen LogP contribution in [-0.4, -0.2) is 43.3 Å². The summed E-state index contributed by atoms with van der Waals surface area (Å²) in [5, 5.41) is 0. The first-order valence-electron chi connectivity index (χ1n) is 5.51. The van der Waals surface area contributed by atoms with Crippen molar-refractivity contribution in [3.05, 3.63) is 28.7 Å². The largest absolute Gasteiger partial charge is 0.376 e. The van der Waals surface area contributed by atoms with Crippen molar-refractivity contribution in [3.63, 3.8) is 0 Å². The van der Waals surface area contributed by atoms with Crippen LogP contribution in [0.15, 0.2) is 28.7 Å². The first-order chi connectivity index (χ1) is 8.12. The van der Waals surface area contributed by atoms with E-state index in [0.29, 0.717) is 13.2 Å². The van der Waals surface area contributed by atoms with E-state index in [2.05, 4.69) is 15.9 Å². The molecule has 5 heteroatoms. The summed E-state index contributed by atoms with van der Waals surface area (Å²) < 4.78 is 6.32. The topological polar surface area (TPSA) is 32.8 Å². The fourth-order valence-electron chi connectivity index (χ4n) is 2.49. The van der Waals surface area contributed by atoms with Crippen LogP contribution >= 0.6 is 15.9 Å². The van der Waals surface area contributed by atoms with Crippen LogP contribution in [0.5, 0.6) is 0 Å². The van der Waals surface area contributed by atoms with E-state index in [9.17, 15) is 4.79 Å². The fourth-order valence-corrected chi connectivity index (χ4v) is 2.75. The minimum Gasteiger partial charge on any atom is -0.376 e. The molecule has 2 heterocycles. The number of hydrogen-bond donors (Lipinski definition) is 0. The first kappa shape index (κ1) is 11.0. The van der Waals surface area contributed by atoms with Crippen molar-refractivity contribution in [1.82, 2.24) is 4.90 Å². The number of urea groups is 1. The van der Waals surface area contributed by atoms with Crippen molar-refractivity contribution in [2.75, 3.05) is 31.7 Å². The molecule has 0 unspecified atom stereocenters. The fraction of sp³-hybridized carbons (Fsp3) is 0.417. The van der Waals surface area contributed by atoms with E-state index in [1.165, 1.54) is 0 Å². The average Bonchev–Trinajstić information content (AvgIpc) is 2.53. The van der Waals surface area contributed by atoms with Crippen molar-refractivity contribution in [2.45, 2.75) is 5.54 Å². The van der Waals surface area contributed by atoms with Gasteiger partial charge in [0.25, 0.3) is 0 Å². The van der Waals surface area contributed by atoms with E-state index in [0.717, 1.165) is 16.7 Å². The highest BCUT2D eigenvalue weighted by Crippen LogP contribution is 2.37. The summed E-state index contributed by atoms with van der Waals surface area (Å²) in [4.78, 5) is 15.8. The third kappa shape index (κ3) is 1.57. The van der Waals surface area contributed by atoms with E-state index < -0.39 is 0 Å². The maximum atomic E-state index is 12.2. The van der Waals surface area contributed by atoms with Gasteiger partial charge in [-0.25, -0.2) is 4.79 Å². The van der Waals surface area contributed by atoms with Gasteiger partial charge < -0.3 is 9.64 Å². The summed E-state index contributed by atoms with van der Waals surface area (Å²) >= 11 is 3.40. The summed E-state index contributed by atoms with van der Waals surface area (Å²) in [6.45, 7) is 1.99. The van der Waals surface area contributed by atoms with Gasteiger partial charge >= 0.3 is 6.03 Å². The highest BCUT2D eigenvalue weighted by molar-refractivity contribution is 9.10. The quantitative estimate of drug-likeness (QED) is 0.795. The second kappa shape index (κ2) is 3.71. The van der Waals surface area contributed by atoms with Gasteiger partial charge in [-0.3, -0.25) is 4.90 Å². The van der Waals surface area contributed by atoms with E-state index in [-0.39, 0.29) is 11.6 Å². The normalized spacial score (nSPS) is 22.1. The number of ether oxygens (including phenoxy) is 1. The summed E-state index contributed by atoms with van der Waals surface area (Å²) in [6.07, 6.45) is 0. The van der Waals surface area contributed by atoms with E-state index in [1.54, 1.807) is 4.90 Å². The minimum absolute atomic E-state index is 0.0515. The van der Waals surface area contributed by atoms with Gasteiger partial charge in [-0.1, -0.05) is 15.9 Å². The number of amides is 2. The van der Waals surface area contributed by atoms with Gasteiger partial charge in [-0.05, 0) is 24.3 Å². The smallest absolute Gasteiger partial charge is 0.325 e. The van der Waals surface area contributed by atoms with Crippen LogP contribution in [0.25, 0.3) is 0 Å². The molecule has 2 aliphatic rings. The molecule has 2 fully saturated rings. The maximum Gasteiger partial charge on any atom is 0.325 e. The lowest BCUT2D eigenvalue weighted by atomic mass is 9.96. The Labute approximate surface area is 108 Å². The number of rotatable bonds is 1. The Morgan fingerprint density at radius 2 is 1.94 bits per heavy atom. The summed E-state index contributed by atoms with van der Waals surface area (Å²) in [5.41, 5.74) is 0.783. The molecule has 1 aromatic rings. The Morgan fingerprint density at radius 1 is 1.29 bits per heavy atom. The lowest BCUT2D eigenvalue weighted by Crippen LogP contribution is -2.61. The minimum atomic E-state index is -0.153. The van der Waals surface area contributed by atoms with Gasteiger partial charge in [0.1, 0.15) is 5.54 Å². The van der Waals surface area contributed by atoms with E-state index in [1.807, 2.05) is 36.2 Å². The zero-order valence-corrected chi connectivity index (χ0v) is 11.1. The number of hydrogen-bond acceptors (Lipinski definition) is 2. The van der Waals surface area contributed by atoms with Crippen LogP contribution in [0.2, 0.25) is 0 Å². The van der Waals surface area contributed by atoms with Crippen molar-refractivity contribution in [2.24, 2.45) is 0 Å². The van der Waals surface area contributed by atoms with Gasteiger partial charge in [0, 0.05) is 17.2 Å². The highest BCUT2D eigenvalue weighted by Gasteiger charge is 2.54. The Morgan fingerprint density at radius 3 is 2.47 bits per heavy atom. The number of nitrogens with zero attached hydrogens (tertiary/aromatic N) is 2. The molecule has 0 bridgehead atoms. The van der Waals surface area contributed by atoms with Gasteiger partial charge in [0.15, 0.2) is 0 Å². The summed E-state index contributed by atoms with van der Waals surface area (Å²) in [5.74, 6) is 0. The molecule has 0 radical (unpaired) electrons. The molecule has 0 aromatic heterocycles. The molecule has 1 spiro atoms. The third-order valence-corrected chi connectivity index (χ3v) is 3.88. The molecule has 0 N–H and O–H groups in total. The summed E-state index contributed by atoms with van der Waals surface area (Å²) in [6, 6.07) is 7.88. The SMILES string of the molecule is CN1CC2(COC2)N(c2ccc(Br)cc2)C1=O. The van der Waals surface area contributed by atoms with Crippen LogP contribution in [0, 0.1) is 0 Å². The maximum absolute atomic E-state index is 12.2. The van der Waals surface area contributed by atoms with Crippen LogP contribution in [-0.2, 0) is 4.74 Å². The van der Waals surface area contributed by atoms with Gasteiger partial charge in [0.05, 0.1) is 19.8 Å². The molecule has 3 rings (SSSR count). The van der Waals surface area contributed by atoms with Gasteiger partial charge in [-0.2, -0.15) is 0 Å². The van der Waals surface area contributed by atoms with Gasteiger partial charge in [-0.15, -0.1) is 0 Å². The lowest BCUT2D eigenvalue weighted by molar-refractivity contribution is -0.0478. The summed E-state index contributed by atoms with van der Waals surface area (Å²) in [7, 11) is 1.83. The predicted octanol–water partition coefficient (Wildman–Crippen LogP) is 2.09. The molecule has 1 aromatic carbocycles. The number of halogens is 1. The number of benzene rings is 1.